The van der Waals surface area contributed by atoms with E-state index in [1.165, 1.54) is 17.1 Å². The molecule has 2 heterocycles. The topological polar surface area (TPSA) is 36.4 Å². The van der Waals surface area contributed by atoms with E-state index in [2.05, 4.69) is 24.1 Å². The zero-order chi connectivity index (χ0) is 12.8. The molecule has 1 aromatic heterocycles. The van der Waals surface area contributed by atoms with Gasteiger partial charge in [0.05, 0.1) is 17.8 Å². The van der Waals surface area contributed by atoms with Crippen molar-refractivity contribution in [3.63, 3.8) is 0 Å². The molecule has 2 fully saturated rings. The number of thiazole rings is 1. The Morgan fingerprint density at radius 2 is 2.33 bits per heavy atom. The van der Waals surface area contributed by atoms with Crippen molar-refractivity contribution in [3.8, 4) is 0 Å². The maximum Gasteiger partial charge on any atom is 0.107 e. The van der Waals surface area contributed by atoms with Gasteiger partial charge < -0.3 is 5.11 Å². The Hall–Kier alpha value is -0.450. The van der Waals surface area contributed by atoms with Crippen LogP contribution < -0.4 is 0 Å². The monoisotopic (exact) mass is 266 g/mol. The number of likely N-dealkylation sites (tertiary alicyclic amines) is 1. The highest BCUT2D eigenvalue weighted by Crippen LogP contribution is 2.45. The van der Waals surface area contributed by atoms with Crippen molar-refractivity contribution in [2.45, 2.75) is 63.6 Å². The largest absolute Gasteiger partial charge is 0.388 e. The summed E-state index contributed by atoms with van der Waals surface area (Å²) < 4.78 is 0. The lowest BCUT2D eigenvalue weighted by atomic mass is 10.1. The fraction of sp³-hybridized carbons (Fsp3) is 0.786. The number of nitrogens with zero attached hydrogens (tertiary/aromatic N) is 2. The van der Waals surface area contributed by atoms with Gasteiger partial charge in [0.25, 0.3) is 0 Å². The minimum absolute atomic E-state index is 0.366. The van der Waals surface area contributed by atoms with E-state index in [1.54, 1.807) is 11.3 Å². The first-order valence-electron chi connectivity index (χ1n) is 6.99. The minimum atomic E-state index is -0.366. The van der Waals surface area contributed by atoms with Gasteiger partial charge in [-0.1, -0.05) is 13.8 Å². The van der Waals surface area contributed by atoms with Gasteiger partial charge in [0.2, 0.25) is 0 Å². The summed E-state index contributed by atoms with van der Waals surface area (Å²) in [5.41, 5.74) is 0.838. The van der Waals surface area contributed by atoms with Crippen molar-refractivity contribution in [3.05, 3.63) is 16.1 Å². The summed E-state index contributed by atoms with van der Waals surface area (Å²) in [6, 6.07) is 0.379. The number of rotatable bonds is 4. The first-order valence-corrected chi connectivity index (χ1v) is 7.87. The van der Waals surface area contributed by atoms with Gasteiger partial charge in [-0.25, -0.2) is 4.98 Å². The van der Waals surface area contributed by atoms with E-state index in [0.717, 1.165) is 32.4 Å². The van der Waals surface area contributed by atoms with Crippen LogP contribution in [0.15, 0.2) is 5.38 Å². The van der Waals surface area contributed by atoms with Gasteiger partial charge in [-0.3, -0.25) is 4.90 Å². The average Bonchev–Trinajstić information content (AvgIpc) is 2.82. The molecule has 1 aromatic rings. The van der Waals surface area contributed by atoms with Gasteiger partial charge in [-0.15, -0.1) is 11.3 Å². The number of hydrogen-bond acceptors (Lipinski definition) is 4. The molecule has 3 rings (SSSR count). The Labute approximate surface area is 113 Å². The van der Waals surface area contributed by atoms with Crippen molar-refractivity contribution in [2.24, 2.45) is 0 Å². The smallest absolute Gasteiger partial charge is 0.107 e. The van der Waals surface area contributed by atoms with E-state index in [9.17, 15) is 5.11 Å². The van der Waals surface area contributed by atoms with Gasteiger partial charge >= 0.3 is 0 Å². The summed E-state index contributed by atoms with van der Waals surface area (Å²) in [6.45, 7) is 6.41. The Kier molecular flexibility index (Phi) is 3.20. The maximum absolute atomic E-state index is 10.3. The second-order valence-electron chi connectivity index (χ2n) is 6.05. The lowest BCUT2D eigenvalue weighted by molar-refractivity contribution is 0.0481. The van der Waals surface area contributed by atoms with Crippen molar-refractivity contribution >= 4 is 11.3 Å². The van der Waals surface area contributed by atoms with Crippen LogP contribution in [-0.2, 0) is 6.54 Å². The van der Waals surface area contributed by atoms with Gasteiger partial charge in [0.1, 0.15) is 5.01 Å². The fourth-order valence-corrected chi connectivity index (χ4v) is 3.90. The maximum atomic E-state index is 10.3. The molecule has 18 heavy (non-hydrogen) atoms. The molecule has 0 bridgehead atoms. The Balaban J connectivity index is 1.67. The van der Waals surface area contributed by atoms with E-state index >= 15 is 0 Å². The van der Waals surface area contributed by atoms with Crippen LogP contribution in [0.2, 0.25) is 0 Å². The number of hydrogen-bond donors (Lipinski definition) is 1. The second kappa shape index (κ2) is 4.58. The standard InChI is InChI=1S/C14H22N2OS/c1-10(2)11-9-18-13(15-11)8-16-7-3-4-12(16)14(17)5-6-14/h9-10,12,17H,3-8H2,1-2H3. The predicted octanol–water partition coefficient (Wildman–Crippen LogP) is 2.76. The fourth-order valence-electron chi connectivity index (χ4n) is 2.92. The highest BCUT2D eigenvalue weighted by atomic mass is 32.1. The molecule has 1 saturated carbocycles. The van der Waals surface area contributed by atoms with E-state index in [0.29, 0.717) is 12.0 Å². The normalized spacial score (nSPS) is 27.0. The minimum Gasteiger partial charge on any atom is -0.388 e. The van der Waals surface area contributed by atoms with Crippen molar-refractivity contribution in [1.82, 2.24) is 9.88 Å². The number of aromatic nitrogens is 1. The third-order valence-corrected chi connectivity index (χ3v) is 5.10. The van der Waals surface area contributed by atoms with Crippen molar-refractivity contribution < 1.29 is 5.11 Å². The molecular weight excluding hydrogens is 244 g/mol. The summed E-state index contributed by atoms with van der Waals surface area (Å²) in [7, 11) is 0. The summed E-state index contributed by atoms with van der Waals surface area (Å²) >= 11 is 1.76. The molecule has 0 amide bonds. The lowest BCUT2D eigenvalue weighted by Gasteiger charge is -2.27. The summed E-state index contributed by atoms with van der Waals surface area (Å²) in [5.74, 6) is 0.511. The molecule has 1 N–H and O–H groups in total. The summed E-state index contributed by atoms with van der Waals surface area (Å²) in [6.07, 6.45) is 4.35. The molecular formula is C14H22N2OS. The first-order chi connectivity index (χ1) is 8.58. The quantitative estimate of drug-likeness (QED) is 0.910. The third-order valence-electron chi connectivity index (χ3n) is 4.25. The summed E-state index contributed by atoms with van der Waals surface area (Å²) in [4.78, 5) is 7.15. The van der Waals surface area contributed by atoms with E-state index < -0.39 is 0 Å². The number of aliphatic hydroxyl groups is 1. The average molecular weight is 266 g/mol. The molecule has 1 aliphatic heterocycles. The van der Waals surface area contributed by atoms with Gasteiger partial charge in [0.15, 0.2) is 0 Å². The molecule has 1 unspecified atom stereocenters. The Morgan fingerprint density at radius 1 is 1.56 bits per heavy atom. The van der Waals surface area contributed by atoms with Crippen LogP contribution in [0.5, 0.6) is 0 Å². The highest BCUT2D eigenvalue weighted by molar-refractivity contribution is 7.09. The molecule has 1 aliphatic carbocycles. The molecule has 3 nitrogen and oxygen atoms in total. The second-order valence-corrected chi connectivity index (χ2v) is 7.00. The molecule has 0 spiro atoms. The Morgan fingerprint density at radius 3 is 2.94 bits per heavy atom. The Bertz CT molecular complexity index is 425. The van der Waals surface area contributed by atoms with Crippen LogP contribution in [0.1, 0.15) is 56.2 Å². The van der Waals surface area contributed by atoms with Crippen LogP contribution in [0.4, 0.5) is 0 Å². The highest BCUT2D eigenvalue weighted by Gasteiger charge is 2.51. The van der Waals surface area contributed by atoms with Crippen molar-refractivity contribution in [1.29, 1.82) is 0 Å². The lowest BCUT2D eigenvalue weighted by Crippen LogP contribution is -2.40. The molecule has 0 radical (unpaired) electrons. The van der Waals surface area contributed by atoms with Crippen LogP contribution >= 0.6 is 11.3 Å². The van der Waals surface area contributed by atoms with Crippen molar-refractivity contribution in [2.75, 3.05) is 6.54 Å². The van der Waals surface area contributed by atoms with E-state index in [4.69, 9.17) is 4.98 Å². The molecule has 100 valence electrons. The first kappa shape index (κ1) is 12.6. The zero-order valence-corrected chi connectivity index (χ0v) is 12.0. The van der Waals surface area contributed by atoms with Crippen LogP contribution in [-0.4, -0.2) is 33.2 Å². The molecule has 4 heteroatoms. The van der Waals surface area contributed by atoms with E-state index in [-0.39, 0.29) is 5.60 Å². The van der Waals surface area contributed by atoms with E-state index in [1.807, 2.05) is 0 Å². The van der Waals surface area contributed by atoms with Gasteiger partial charge in [-0.05, 0) is 38.1 Å². The molecule has 0 aromatic carbocycles. The zero-order valence-electron chi connectivity index (χ0n) is 11.2. The molecule has 2 aliphatic rings. The van der Waals surface area contributed by atoms with Crippen LogP contribution in [0, 0.1) is 0 Å². The molecule has 1 saturated heterocycles. The van der Waals surface area contributed by atoms with Gasteiger partial charge in [-0.2, -0.15) is 0 Å². The van der Waals surface area contributed by atoms with Gasteiger partial charge in [0, 0.05) is 11.4 Å². The SMILES string of the molecule is CC(C)c1csc(CN2CCCC2C2(O)CC2)n1. The van der Waals surface area contributed by atoms with Crippen LogP contribution in [0.3, 0.4) is 0 Å². The molecule has 1 atom stereocenters. The van der Waals surface area contributed by atoms with Crippen LogP contribution in [0.25, 0.3) is 0 Å². The third kappa shape index (κ3) is 2.33. The summed E-state index contributed by atoms with van der Waals surface area (Å²) in [5, 5.41) is 13.7. The predicted molar refractivity (Wildman–Crippen MR) is 73.8 cm³/mol.